The molecular formula is C16H20O3. The summed E-state index contributed by atoms with van der Waals surface area (Å²) in [7, 11) is 0. The molecule has 19 heavy (non-hydrogen) atoms. The van der Waals surface area contributed by atoms with E-state index in [4.69, 9.17) is 0 Å². The van der Waals surface area contributed by atoms with Crippen molar-refractivity contribution in [3.05, 3.63) is 41.5 Å². The first-order chi connectivity index (χ1) is 8.90. The highest BCUT2D eigenvalue weighted by Gasteiger charge is 2.30. The Morgan fingerprint density at radius 1 is 1.21 bits per heavy atom. The fourth-order valence-corrected chi connectivity index (χ4v) is 2.86. The molecule has 3 N–H and O–H groups in total. The Labute approximate surface area is 113 Å². The summed E-state index contributed by atoms with van der Waals surface area (Å²) in [5.41, 5.74) is 2.76. The molecule has 0 aliphatic heterocycles. The van der Waals surface area contributed by atoms with E-state index < -0.39 is 0 Å². The molecule has 0 spiro atoms. The van der Waals surface area contributed by atoms with Crippen LogP contribution in [0.25, 0.3) is 0 Å². The molecule has 0 heterocycles. The lowest BCUT2D eigenvalue weighted by molar-refractivity contribution is 0.396. The van der Waals surface area contributed by atoms with Crippen molar-refractivity contribution in [1.82, 2.24) is 0 Å². The van der Waals surface area contributed by atoms with Gasteiger partial charge in [0, 0.05) is 23.6 Å². The lowest BCUT2D eigenvalue weighted by atomic mass is 9.74. The van der Waals surface area contributed by atoms with E-state index in [0.717, 1.165) is 18.4 Å². The maximum absolute atomic E-state index is 10.0. The van der Waals surface area contributed by atoms with Crippen molar-refractivity contribution in [2.45, 2.75) is 32.6 Å². The molecular weight excluding hydrogens is 240 g/mol. The number of benzene rings is 1. The molecule has 2 atom stereocenters. The van der Waals surface area contributed by atoms with E-state index in [9.17, 15) is 15.3 Å². The number of phenolic OH excluding ortho intramolecular Hbond substituents is 3. The zero-order valence-electron chi connectivity index (χ0n) is 11.3. The van der Waals surface area contributed by atoms with Crippen LogP contribution in [-0.2, 0) is 0 Å². The van der Waals surface area contributed by atoms with E-state index in [1.54, 1.807) is 0 Å². The summed E-state index contributed by atoms with van der Waals surface area (Å²) in [6.45, 7) is 8.04. The summed E-state index contributed by atoms with van der Waals surface area (Å²) in [6.07, 6.45) is 4.05. The summed E-state index contributed by atoms with van der Waals surface area (Å²) in [6, 6.07) is 2.53. The van der Waals surface area contributed by atoms with Gasteiger partial charge in [0.1, 0.15) is 17.2 Å². The Bertz CT molecular complexity index is 520. The van der Waals surface area contributed by atoms with E-state index in [2.05, 4.69) is 19.6 Å². The lowest BCUT2D eigenvalue weighted by Crippen LogP contribution is -2.17. The van der Waals surface area contributed by atoms with Gasteiger partial charge in [0.15, 0.2) is 0 Å². The normalized spacial score (nSPS) is 22.9. The Balaban J connectivity index is 2.54. The average Bonchev–Trinajstić information content (AvgIpc) is 2.27. The second kappa shape index (κ2) is 5.00. The number of allylic oxidation sites excluding steroid dienone is 3. The van der Waals surface area contributed by atoms with Gasteiger partial charge < -0.3 is 15.3 Å². The average molecular weight is 260 g/mol. The van der Waals surface area contributed by atoms with Gasteiger partial charge in [0.25, 0.3) is 0 Å². The molecule has 0 saturated heterocycles. The van der Waals surface area contributed by atoms with Crippen molar-refractivity contribution in [3.8, 4) is 17.2 Å². The highest BCUT2D eigenvalue weighted by molar-refractivity contribution is 5.53. The smallest absolute Gasteiger partial charge is 0.126 e. The van der Waals surface area contributed by atoms with Gasteiger partial charge in [-0.3, -0.25) is 0 Å². The molecule has 3 heteroatoms. The van der Waals surface area contributed by atoms with E-state index in [-0.39, 0.29) is 29.1 Å². The molecule has 0 unspecified atom stereocenters. The molecule has 1 aliphatic carbocycles. The predicted molar refractivity (Wildman–Crippen MR) is 75.5 cm³/mol. The molecule has 102 valence electrons. The lowest BCUT2D eigenvalue weighted by Gasteiger charge is -2.31. The molecule has 0 bridgehead atoms. The molecule has 0 fully saturated rings. The fraction of sp³-hybridized carbons (Fsp3) is 0.375. The molecule has 0 saturated carbocycles. The zero-order valence-corrected chi connectivity index (χ0v) is 11.3. The SMILES string of the molecule is C=C(C)[C@@H]1CCC(C)=C[C@@H]1c1c(O)cc(O)cc1O. The van der Waals surface area contributed by atoms with Crippen LogP contribution in [-0.4, -0.2) is 15.3 Å². The minimum Gasteiger partial charge on any atom is -0.508 e. The molecule has 0 aromatic heterocycles. The molecule has 2 rings (SSSR count). The minimum absolute atomic E-state index is 0.0697. The van der Waals surface area contributed by atoms with Crippen LogP contribution in [0.15, 0.2) is 35.9 Å². The third-order valence-electron chi connectivity index (χ3n) is 3.83. The highest BCUT2D eigenvalue weighted by Crippen LogP contribution is 2.47. The monoisotopic (exact) mass is 260 g/mol. The van der Waals surface area contributed by atoms with Crippen LogP contribution in [0, 0.1) is 5.92 Å². The van der Waals surface area contributed by atoms with Crippen molar-refractivity contribution in [2.24, 2.45) is 5.92 Å². The third-order valence-corrected chi connectivity index (χ3v) is 3.83. The van der Waals surface area contributed by atoms with Gasteiger partial charge in [0.2, 0.25) is 0 Å². The summed E-state index contributed by atoms with van der Waals surface area (Å²) < 4.78 is 0. The van der Waals surface area contributed by atoms with Crippen LogP contribution in [0.4, 0.5) is 0 Å². The number of rotatable bonds is 2. The molecule has 1 aromatic carbocycles. The molecule has 0 radical (unpaired) electrons. The summed E-state index contributed by atoms with van der Waals surface area (Å²) in [5.74, 6) is -0.168. The van der Waals surface area contributed by atoms with E-state index in [1.165, 1.54) is 17.7 Å². The van der Waals surface area contributed by atoms with Gasteiger partial charge in [-0.2, -0.15) is 0 Å². The summed E-state index contributed by atoms with van der Waals surface area (Å²) >= 11 is 0. The van der Waals surface area contributed by atoms with Crippen LogP contribution in [0.2, 0.25) is 0 Å². The first-order valence-electron chi connectivity index (χ1n) is 6.47. The molecule has 1 aliphatic rings. The Morgan fingerprint density at radius 3 is 2.32 bits per heavy atom. The van der Waals surface area contributed by atoms with Crippen LogP contribution in [0.3, 0.4) is 0 Å². The van der Waals surface area contributed by atoms with Crippen molar-refractivity contribution in [1.29, 1.82) is 0 Å². The van der Waals surface area contributed by atoms with Gasteiger partial charge in [-0.25, -0.2) is 0 Å². The second-order valence-electron chi connectivity index (χ2n) is 5.43. The van der Waals surface area contributed by atoms with Gasteiger partial charge in [-0.05, 0) is 32.6 Å². The van der Waals surface area contributed by atoms with E-state index in [1.807, 2.05) is 6.92 Å². The van der Waals surface area contributed by atoms with Gasteiger partial charge in [-0.15, -0.1) is 0 Å². The van der Waals surface area contributed by atoms with Gasteiger partial charge in [-0.1, -0.05) is 23.8 Å². The molecule has 0 amide bonds. The minimum atomic E-state index is -0.137. The molecule has 1 aromatic rings. The van der Waals surface area contributed by atoms with Crippen LogP contribution >= 0.6 is 0 Å². The fourth-order valence-electron chi connectivity index (χ4n) is 2.86. The van der Waals surface area contributed by atoms with E-state index in [0.29, 0.717) is 5.56 Å². The van der Waals surface area contributed by atoms with Gasteiger partial charge >= 0.3 is 0 Å². The standard InChI is InChI=1S/C16H20O3/c1-9(2)12-5-4-10(3)6-13(12)16-14(18)7-11(17)8-15(16)19/h6-8,12-13,17-19H,1,4-5H2,2-3H3/t12-,13-/m0/s1. The largest absolute Gasteiger partial charge is 0.508 e. The first kappa shape index (κ1) is 13.5. The molecule has 3 nitrogen and oxygen atoms in total. The predicted octanol–water partition coefficient (Wildman–Crippen LogP) is 3.82. The topological polar surface area (TPSA) is 60.7 Å². The van der Waals surface area contributed by atoms with Crippen molar-refractivity contribution < 1.29 is 15.3 Å². The van der Waals surface area contributed by atoms with Gasteiger partial charge in [0.05, 0.1) is 0 Å². The number of hydrogen-bond acceptors (Lipinski definition) is 3. The van der Waals surface area contributed by atoms with Crippen LogP contribution in [0.5, 0.6) is 17.2 Å². The first-order valence-corrected chi connectivity index (χ1v) is 6.47. The van der Waals surface area contributed by atoms with Crippen molar-refractivity contribution in [2.75, 3.05) is 0 Å². The highest BCUT2D eigenvalue weighted by atomic mass is 16.3. The zero-order chi connectivity index (χ0) is 14.2. The number of aromatic hydroxyl groups is 3. The Morgan fingerprint density at radius 2 is 1.79 bits per heavy atom. The summed E-state index contributed by atoms with van der Waals surface area (Å²) in [4.78, 5) is 0. The Kier molecular flexibility index (Phi) is 3.56. The van der Waals surface area contributed by atoms with Crippen LogP contribution in [0.1, 0.15) is 38.2 Å². The quantitative estimate of drug-likeness (QED) is 0.708. The van der Waals surface area contributed by atoms with Crippen LogP contribution < -0.4 is 0 Å². The third kappa shape index (κ3) is 2.60. The number of hydrogen-bond donors (Lipinski definition) is 3. The Hall–Kier alpha value is -1.90. The maximum Gasteiger partial charge on any atom is 0.126 e. The maximum atomic E-state index is 10.0. The van der Waals surface area contributed by atoms with Crippen molar-refractivity contribution in [3.63, 3.8) is 0 Å². The second-order valence-corrected chi connectivity index (χ2v) is 5.43. The summed E-state index contributed by atoms with van der Waals surface area (Å²) in [5, 5.41) is 29.5. The van der Waals surface area contributed by atoms with Crippen molar-refractivity contribution >= 4 is 0 Å². The van der Waals surface area contributed by atoms with E-state index >= 15 is 0 Å². The number of phenols is 3.